The molecular formula is C40H79N9. The Kier molecular flexibility index (Phi) is 15.5. The molecule has 2 aliphatic rings. The van der Waals surface area contributed by atoms with Crippen LogP contribution < -0.4 is 25.3 Å². The van der Waals surface area contributed by atoms with E-state index in [0.29, 0.717) is 12.1 Å². The zero-order valence-corrected chi connectivity index (χ0v) is 34.5. The molecule has 0 bridgehead atoms. The summed E-state index contributed by atoms with van der Waals surface area (Å²) in [7, 11) is 2.26. The van der Waals surface area contributed by atoms with E-state index < -0.39 is 0 Å². The number of rotatable bonds is 20. The highest BCUT2D eigenvalue weighted by atomic mass is 15.4. The number of piperidine rings is 2. The predicted octanol–water partition coefficient (Wildman–Crippen LogP) is 8.04. The van der Waals surface area contributed by atoms with Crippen LogP contribution >= 0.6 is 0 Å². The second-order valence-corrected chi connectivity index (χ2v) is 18.2. The van der Waals surface area contributed by atoms with Crippen LogP contribution in [0.25, 0.3) is 0 Å². The third-order valence-corrected chi connectivity index (χ3v) is 10.5. The van der Waals surface area contributed by atoms with Crippen LogP contribution in [0.2, 0.25) is 0 Å². The second kappa shape index (κ2) is 18.2. The first-order valence-electron chi connectivity index (χ1n) is 20.2. The maximum absolute atomic E-state index is 5.53. The number of hydrogen-bond acceptors (Lipinski definition) is 9. The van der Waals surface area contributed by atoms with E-state index in [1.807, 2.05) is 0 Å². The Labute approximate surface area is 303 Å². The standard InChI is InChI=1S/C40H79N9/c1-14-18-22-46(13)26-27-47(23-19-15-2)34-41-35(48(24-20-16-3)32-28-37(5,6)44-38(7,8)29-32)43-36(42-34)49(25-21-17-4)33-30-39(9,10)45-40(11,12)31-33/h32-33,44-45H,14-31H2,1-13H3. The molecule has 2 N–H and O–H groups in total. The fraction of sp³-hybridized carbons (Fsp3) is 0.925. The first-order chi connectivity index (χ1) is 22.9. The number of nitrogens with zero attached hydrogens (tertiary/aromatic N) is 7. The third kappa shape index (κ3) is 13.1. The number of hydrogen-bond donors (Lipinski definition) is 2. The van der Waals surface area contributed by atoms with Gasteiger partial charge in [0, 0.05) is 67.0 Å². The van der Waals surface area contributed by atoms with Crippen LogP contribution in [-0.2, 0) is 0 Å². The highest BCUT2D eigenvalue weighted by molar-refractivity contribution is 5.48. The van der Waals surface area contributed by atoms with Crippen molar-refractivity contribution in [2.75, 3.05) is 61.0 Å². The van der Waals surface area contributed by atoms with Gasteiger partial charge in [-0.15, -0.1) is 0 Å². The van der Waals surface area contributed by atoms with Crippen molar-refractivity contribution in [2.24, 2.45) is 0 Å². The molecule has 3 heterocycles. The average Bonchev–Trinajstić information content (AvgIpc) is 2.97. The lowest BCUT2D eigenvalue weighted by molar-refractivity contribution is 0.157. The van der Waals surface area contributed by atoms with Gasteiger partial charge >= 0.3 is 0 Å². The van der Waals surface area contributed by atoms with Gasteiger partial charge in [-0.1, -0.05) is 53.4 Å². The molecule has 2 fully saturated rings. The number of unbranched alkanes of at least 4 members (excludes halogenated alkanes) is 4. The molecule has 0 aliphatic carbocycles. The van der Waals surface area contributed by atoms with Crippen molar-refractivity contribution >= 4 is 17.8 Å². The zero-order valence-electron chi connectivity index (χ0n) is 34.5. The van der Waals surface area contributed by atoms with E-state index in [2.05, 4.69) is 120 Å². The summed E-state index contributed by atoms with van der Waals surface area (Å²) in [6.45, 7) is 34.0. The summed E-state index contributed by atoms with van der Waals surface area (Å²) in [6.07, 6.45) is 13.5. The van der Waals surface area contributed by atoms with Gasteiger partial charge in [0.1, 0.15) is 0 Å². The van der Waals surface area contributed by atoms with Gasteiger partial charge in [-0.2, -0.15) is 15.0 Å². The molecule has 0 spiro atoms. The first kappa shape index (κ1) is 41.7. The Morgan fingerprint density at radius 3 is 1.22 bits per heavy atom. The Hall–Kier alpha value is -1.71. The summed E-state index contributed by atoms with van der Waals surface area (Å²) in [6, 6.07) is 0.706. The molecule has 0 unspecified atom stereocenters. The molecule has 284 valence electrons. The van der Waals surface area contributed by atoms with E-state index in [1.54, 1.807) is 0 Å². The van der Waals surface area contributed by atoms with Crippen molar-refractivity contribution in [3.8, 4) is 0 Å². The zero-order chi connectivity index (χ0) is 36.5. The Morgan fingerprint density at radius 1 is 0.490 bits per heavy atom. The molecule has 0 amide bonds. The predicted molar refractivity (Wildman–Crippen MR) is 212 cm³/mol. The van der Waals surface area contributed by atoms with Crippen molar-refractivity contribution in [1.82, 2.24) is 30.5 Å². The summed E-state index contributed by atoms with van der Waals surface area (Å²) in [4.78, 5) is 26.6. The molecule has 2 aliphatic heterocycles. The maximum Gasteiger partial charge on any atom is 0.232 e. The SMILES string of the molecule is CCCCN(C)CCN(CCCC)c1nc(N(CCCC)C2CC(C)(C)NC(C)(C)C2)nc(N(CCCC)C2CC(C)(C)NC(C)(C)C2)n1. The van der Waals surface area contributed by atoms with E-state index in [4.69, 9.17) is 15.0 Å². The van der Waals surface area contributed by atoms with Gasteiger partial charge in [0.2, 0.25) is 17.8 Å². The largest absolute Gasteiger partial charge is 0.339 e. The van der Waals surface area contributed by atoms with Crippen LogP contribution in [0.3, 0.4) is 0 Å². The summed E-state index contributed by atoms with van der Waals surface area (Å²) in [5.74, 6) is 2.61. The van der Waals surface area contributed by atoms with Crippen LogP contribution in [-0.4, -0.2) is 100 Å². The Morgan fingerprint density at radius 2 is 0.837 bits per heavy atom. The van der Waals surface area contributed by atoms with E-state index in [9.17, 15) is 0 Å². The van der Waals surface area contributed by atoms with Crippen LogP contribution in [0.1, 0.15) is 160 Å². The van der Waals surface area contributed by atoms with Crippen LogP contribution in [0.4, 0.5) is 17.8 Å². The fourth-order valence-electron chi connectivity index (χ4n) is 8.76. The maximum atomic E-state index is 5.53. The molecule has 9 heteroatoms. The van der Waals surface area contributed by atoms with E-state index in [1.165, 1.54) is 12.8 Å². The smallest absolute Gasteiger partial charge is 0.232 e. The molecule has 9 nitrogen and oxygen atoms in total. The van der Waals surface area contributed by atoms with Crippen molar-refractivity contribution in [3.63, 3.8) is 0 Å². The van der Waals surface area contributed by atoms with Gasteiger partial charge < -0.3 is 30.2 Å². The quantitative estimate of drug-likeness (QED) is 0.142. The van der Waals surface area contributed by atoms with Crippen molar-refractivity contribution in [3.05, 3.63) is 0 Å². The summed E-state index contributed by atoms with van der Waals surface area (Å²) >= 11 is 0. The first-order valence-corrected chi connectivity index (χ1v) is 20.2. The van der Waals surface area contributed by atoms with E-state index in [-0.39, 0.29) is 22.2 Å². The molecule has 3 rings (SSSR count). The number of likely N-dealkylation sites (N-methyl/N-ethyl adjacent to an activating group) is 1. The number of nitrogens with one attached hydrogen (secondary N) is 2. The lowest BCUT2D eigenvalue weighted by atomic mass is 9.79. The van der Waals surface area contributed by atoms with Gasteiger partial charge in [0.05, 0.1) is 0 Å². The normalized spacial score (nSPS) is 20.4. The Bertz CT molecular complexity index is 1020. The molecule has 1 aromatic rings. The minimum atomic E-state index is 0.0330. The molecule has 1 aromatic heterocycles. The Balaban J connectivity index is 2.20. The lowest BCUT2D eigenvalue weighted by Crippen LogP contribution is -2.63. The second-order valence-electron chi connectivity index (χ2n) is 18.2. The van der Waals surface area contributed by atoms with Crippen LogP contribution in [0, 0.1) is 0 Å². The monoisotopic (exact) mass is 686 g/mol. The van der Waals surface area contributed by atoms with Gasteiger partial charge in [-0.25, -0.2) is 0 Å². The van der Waals surface area contributed by atoms with Crippen molar-refractivity contribution < 1.29 is 0 Å². The fourth-order valence-corrected chi connectivity index (χ4v) is 8.76. The molecular weight excluding hydrogens is 607 g/mol. The molecule has 0 saturated carbocycles. The van der Waals surface area contributed by atoms with Gasteiger partial charge in [0.25, 0.3) is 0 Å². The molecule has 0 radical (unpaired) electrons. The highest BCUT2D eigenvalue weighted by Crippen LogP contribution is 2.36. The molecule has 0 aromatic carbocycles. The van der Waals surface area contributed by atoms with Crippen molar-refractivity contribution in [2.45, 2.75) is 194 Å². The van der Waals surface area contributed by atoms with E-state index in [0.717, 1.165) is 121 Å². The molecule has 49 heavy (non-hydrogen) atoms. The van der Waals surface area contributed by atoms with Crippen LogP contribution in [0.15, 0.2) is 0 Å². The third-order valence-electron chi connectivity index (χ3n) is 10.5. The average molecular weight is 686 g/mol. The number of anilines is 3. The highest BCUT2D eigenvalue weighted by Gasteiger charge is 2.43. The summed E-state index contributed by atoms with van der Waals surface area (Å²) in [5, 5.41) is 7.85. The molecule has 2 saturated heterocycles. The lowest BCUT2D eigenvalue weighted by Gasteiger charge is -2.50. The van der Waals surface area contributed by atoms with E-state index >= 15 is 0 Å². The molecule has 0 atom stereocenters. The number of aromatic nitrogens is 3. The van der Waals surface area contributed by atoms with Gasteiger partial charge in [0.15, 0.2) is 0 Å². The van der Waals surface area contributed by atoms with Gasteiger partial charge in [-0.05, 0) is 120 Å². The minimum absolute atomic E-state index is 0.0330. The topological polar surface area (TPSA) is 75.7 Å². The minimum Gasteiger partial charge on any atom is -0.339 e. The summed E-state index contributed by atoms with van der Waals surface area (Å²) in [5.41, 5.74) is 0.132. The van der Waals surface area contributed by atoms with Crippen LogP contribution in [0.5, 0.6) is 0 Å². The van der Waals surface area contributed by atoms with Crippen molar-refractivity contribution in [1.29, 1.82) is 0 Å². The van der Waals surface area contributed by atoms with Gasteiger partial charge in [-0.3, -0.25) is 0 Å². The summed E-state index contributed by atoms with van der Waals surface area (Å²) < 4.78 is 0.